The number of halogens is 1. The van der Waals surface area contributed by atoms with Gasteiger partial charge < -0.3 is 10.6 Å². The van der Waals surface area contributed by atoms with Crippen molar-refractivity contribution in [1.82, 2.24) is 9.97 Å². The first-order chi connectivity index (χ1) is 10.6. The Kier molecular flexibility index (Phi) is 4.48. The van der Waals surface area contributed by atoms with Crippen LogP contribution in [0.4, 0.5) is 11.8 Å². The van der Waals surface area contributed by atoms with Crippen molar-refractivity contribution in [3.8, 4) is 0 Å². The lowest BCUT2D eigenvalue weighted by Gasteiger charge is -2.31. The molecule has 1 saturated heterocycles. The molecule has 1 aromatic carbocycles. The highest BCUT2D eigenvalue weighted by Crippen LogP contribution is 2.34. The maximum absolute atomic E-state index is 6.18. The van der Waals surface area contributed by atoms with Crippen molar-refractivity contribution in [2.75, 3.05) is 17.2 Å². The smallest absolute Gasteiger partial charge is 0.222 e. The van der Waals surface area contributed by atoms with E-state index in [1.165, 1.54) is 24.8 Å². The highest BCUT2D eigenvalue weighted by atomic mass is 35.5. The molecule has 1 atom stereocenters. The molecule has 0 saturated carbocycles. The van der Waals surface area contributed by atoms with Crippen molar-refractivity contribution in [3.05, 3.63) is 46.6 Å². The van der Waals surface area contributed by atoms with Crippen LogP contribution in [0.25, 0.3) is 0 Å². The zero-order valence-corrected chi connectivity index (χ0v) is 13.6. The van der Waals surface area contributed by atoms with Crippen LogP contribution < -0.4 is 10.6 Å². The van der Waals surface area contributed by atoms with Crippen LogP contribution in [0.5, 0.6) is 0 Å². The summed E-state index contributed by atoms with van der Waals surface area (Å²) in [6.45, 7) is 2.93. The van der Waals surface area contributed by atoms with Crippen LogP contribution in [0.1, 0.15) is 43.0 Å². The first-order valence-corrected chi connectivity index (χ1v) is 8.14. The van der Waals surface area contributed by atoms with Crippen LogP contribution in [0.2, 0.25) is 5.02 Å². The summed E-state index contributed by atoms with van der Waals surface area (Å²) in [5.41, 5.74) is 7.98. The molecule has 2 aromatic rings. The summed E-state index contributed by atoms with van der Waals surface area (Å²) < 4.78 is 0. The van der Waals surface area contributed by atoms with Gasteiger partial charge in [-0.2, -0.15) is 4.98 Å². The molecule has 1 fully saturated rings. The van der Waals surface area contributed by atoms with E-state index < -0.39 is 0 Å². The molecule has 2 N–H and O–H groups in total. The summed E-state index contributed by atoms with van der Waals surface area (Å²) in [5.74, 6) is 1.25. The van der Waals surface area contributed by atoms with Gasteiger partial charge in [-0.25, -0.2) is 4.98 Å². The topological polar surface area (TPSA) is 55.0 Å². The number of anilines is 2. The Hall–Kier alpha value is -1.81. The van der Waals surface area contributed by atoms with E-state index in [0.717, 1.165) is 29.5 Å². The maximum atomic E-state index is 6.18. The monoisotopic (exact) mass is 316 g/mol. The molecule has 4 nitrogen and oxygen atoms in total. The molecule has 0 aliphatic carbocycles. The van der Waals surface area contributed by atoms with Gasteiger partial charge in [-0.15, -0.1) is 0 Å². The van der Waals surface area contributed by atoms with Crippen LogP contribution in [0.15, 0.2) is 30.3 Å². The van der Waals surface area contributed by atoms with Gasteiger partial charge >= 0.3 is 0 Å². The predicted molar refractivity (Wildman–Crippen MR) is 91.2 cm³/mol. The third-order valence-corrected chi connectivity index (χ3v) is 4.37. The lowest BCUT2D eigenvalue weighted by atomic mass is 10.0. The number of nitrogen functional groups attached to an aromatic ring is 1. The van der Waals surface area contributed by atoms with Gasteiger partial charge in [0.05, 0.1) is 6.04 Å². The number of rotatable bonds is 2. The number of aromatic nitrogens is 2. The van der Waals surface area contributed by atoms with Gasteiger partial charge in [0.25, 0.3) is 0 Å². The van der Waals surface area contributed by atoms with E-state index in [-0.39, 0.29) is 6.04 Å². The quantitative estimate of drug-likeness (QED) is 0.904. The molecular weight excluding hydrogens is 296 g/mol. The zero-order chi connectivity index (χ0) is 15.5. The summed E-state index contributed by atoms with van der Waals surface area (Å²) in [6, 6.07) is 10.4. The van der Waals surface area contributed by atoms with Gasteiger partial charge in [0.1, 0.15) is 5.82 Å². The van der Waals surface area contributed by atoms with E-state index in [1.807, 2.05) is 25.1 Å². The maximum Gasteiger partial charge on any atom is 0.222 e. The average molecular weight is 317 g/mol. The number of aryl methyl sites for hydroxylation is 1. The lowest BCUT2D eigenvalue weighted by molar-refractivity contribution is 0.596. The average Bonchev–Trinajstić information content (AvgIpc) is 2.72. The van der Waals surface area contributed by atoms with Gasteiger partial charge in [0.2, 0.25) is 5.95 Å². The third kappa shape index (κ3) is 3.33. The molecule has 0 spiro atoms. The van der Waals surface area contributed by atoms with Gasteiger partial charge in [0.15, 0.2) is 0 Å². The molecule has 5 heteroatoms. The Morgan fingerprint density at radius 1 is 1.18 bits per heavy atom. The third-order valence-electron chi connectivity index (χ3n) is 4.14. The largest absolute Gasteiger partial charge is 0.368 e. The minimum absolute atomic E-state index is 0.287. The second-order valence-electron chi connectivity index (χ2n) is 5.84. The fourth-order valence-electron chi connectivity index (χ4n) is 3.16. The van der Waals surface area contributed by atoms with Gasteiger partial charge in [0, 0.05) is 23.3 Å². The minimum Gasteiger partial charge on any atom is -0.368 e. The minimum atomic E-state index is 0.287. The molecule has 0 bridgehead atoms. The van der Waals surface area contributed by atoms with Crippen LogP contribution >= 0.6 is 11.6 Å². The number of nitrogens with two attached hydrogens (primary N) is 1. The Balaban J connectivity index is 2.00. The summed E-state index contributed by atoms with van der Waals surface area (Å²) in [4.78, 5) is 11.0. The normalized spacial score (nSPS) is 19.0. The Labute approximate surface area is 136 Å². The summed E-state index contributed by atoms with van der Waals surface area (Å²) in [5, 5.41) is 0.778. The summed E-state index contributed by atoms with van der Waals surface area (Å²) in [7, 11) is 0. The van der Waals surface area contributed by atoms with Crippen molar-refractivity contribution in [2.45, 2.75) is 38.6 Å². The highest BCUT2D eigenvalue weighted by molar-refractivity contribution is 6.30. The fraction of sp³-hybridized carbons (Fsp3) is 0.412. The van der Waals surface area contributed by atoms with Crippen molar-refractivity contribution in [2.24, 2.45) is 0 Å². The molecular formula is C17H21ClN4. The SMILES string of the molecule is Cc1cc(N2CCCCCC2c2cccc(Cl)c2)nc(N)n1. The van der Waals surface area contributed by atoms with Crippen molar-refractivity contribution in [3.63, 3.8) is 0 Å². The van der Waals surface area contributed by atoms with Crippen molar-refractivity contribution in [1.29, 1.82) is 0 Å². The van der Waals surface area contributed by atoms with Crippen molar-refractivity contribution < 1.29 is 0 Å². The van der Waals surface area contributed by atoms with Crippen molar-refractivity contribution >= 4 is 23.4 Å². The number of hydrogen-bond acceptors (Lipinski definition) is 4. The Morgan fingerprint density at radius 3 is 2.82 bits per heavy atom. The zero-order valence-electron chi connectivity index (χ0n) is 12.8. The number of benzene rings is 1. The molecule has 22 heavy (non-hydrogen) atoms. The standard InChI is InChI=1S/C17H21ClN4/c1-12-10-16(21-17(19)20-12)22-9-4-2-3-8-15(22)13-6-5-7-14(18)11-13/h5-7,10-11,15H,2-4,8-9H2,1H3,(H2,19,20,21). The molecule has 1 aliphatic heterocycles. The first kappa shape index (κ1) is 15.1. The van der Waals surface area contributed by atoms with Gasteiger partial charge in [-0.3, -0.25) is 0 Å². The van der Waals surface area contributed by atoms with E-state index in [0.29, 0.717) is 5.95 Å². The van der Waals surface area contributed by atoms with E-state index in [1.54, 1.807) is 0 Å². The van der Waals surface area contributed by atoms with E-state index in [2.05, 4.69) is 27.0 Å². The summed E-state index contributed by atoms with van der Waals surface area (Å²) >= 11 is 6.18. The lowest BCUT2D eigenvalue weighted by Crippen LogP contribution is -2.29. The molecule has 1 aromatic heterocycles. The molecule has 2 heterocycles. The molecule has 116 valence electrons. The summed E-state index contributed by atoms with van der Waals surface area (Å²) in [6.07, 6.45) is 4.73. The fourth-order valence-corrected chi connectivity index (χ4v) is 3.36. The van der Waals surface area contributed by atoms with E-state index in [9.17, 15) is 0 Å². The molecule has 0 radical (unpaired) electrons. The van der Waals surface area contributed by atoms with E-state index in [4.69, 9.17) is 17.3 Å². The van der Waals surface area contributed by atoms with Crippen LogP contribution in [-0.2, 0) is 0 Å². The number of hydrogen-bond donors (Lipinski definition) is 1. The first-order valence-electron chi connectivity index (χ1n) is 7.77. The highest BCUT2D eigenvalue weighted by Gasteiger charge is 2.24. The molecule has 1 unspecified atom stereocenters. The van der Waals surface area contributed by atoms with E-state index >= 15 is 0 Å². The second-order valence-corrected chi connectivity index (χ2v) is 6.28. The van der Waals surface area contributed by atoms with Crippen LogP contribution in [0, 0.1) is 6.92 Å². The van der Waals surface area contributed by atoms with Gasteiger partial charge in [-0.1, -0.05) is 36.6 Å². The number of nitrogens with zero attached hydrogens (tertiary/aromatic N) is 3. The predicted octanol–water partition coefficient (Wildman–Crippen LogP) is 4.14. The second kappa shape index (κ2) is 6.53. The van der Waals surface area contributed by atoms with Crippen LogP contribution in [0.3, 0.4) is 0 Å². The molecule has 1 aliphatic rings. The Morgan fingerprint density at radius 2 is 2.05 bits per heavy atom. The molecule has 0 amide bonds. The van der Waals surface area contributed by atoms with Crippen LogP contribution in [-0.4, -0.2) is 16.5 Å². The Bertz CT molecular complexity index is 639. The molecule has 3 rings (SSSR count). The van der Waals surface area contributed by atoms with Gasteiger partial charge in [-0.05, 0) is 37.5 Å².